The van der Waals surface area contributed by atoms with Gasteiger partial charge < -0.3 is 36.7 Å². The highest BCUT2D eigenvalue weighted by atomic mass is 16.5. The Hall–Kier alpha value is -2.99. The van der Waals surface area contributed by atoms with Gasteiger partial charge in [-0.1, -0.05) is 11.6 Å². The van der Waals surface area contributed by atoms with E-state index >= 15 is 0 Å². The second-order valence-corrected chi connectivity index (χ2v) is 6.27. The number of aromatic amines is 1. The zero-order valence-electron chi connectivity index (χ0n) is 15.4. The first-order valence-electron chi connectivity index (χ1n) is 9.02. The number of aryl methyl sites for hydroxylation is 1. The number of rotatable bonds is 12. The number of H-pyrrole nitrogens is 1. The number of urea groups is 1. The number of nitrogens with two attached hydrogens (primary N) is 2. The van der Waals surface area contributed by atoms with Gasteiger partial charge in [-0.2, -0.15) is 4.98 Å². The minimum absolute atomic E-state index is 0.0404. The summed E-state index contributed by atoms with van der Waals surface area (Å²) in [5, 5.41) is 18.0. The van der Waals surface area contributed by atoms with Crippen molar-refractivity contribution in [3.05, 3.63) is 29.9 Å². The lowest BCUT2D eigenvalue weighted by atomic mass is 10.1. The molecule has 2 aromatic rings. The lowest BCUT2D eigenvalue weighted by molar-refractivity contribution is -0.139. The van der Waals surface area contributed by atoms with Gasteiger partial charge in [-0.3, -0.25) is 0 Å². The molecule has 0 unspecified atom stereocenters. The Kier molecular flexibility index (Phi) is 8.37. The fourth-order valence-corrected chi connectivity index (χ4v) is 2.47. The van der Waals surface area contributed by atoms with E-state index in [1.165, 1.54) is 6.33 Å². The standard InChI is InChI=1S/C16H26N8O4/c17-6-2-1-3-11(18)14-23-13(28-24-14)8-20-16(27)22-12(15(25)26)5-4-10-7-19-9-21-10/h7,9,11-12H,1-6,8,17-18H2,(H,19,21)(H,25,26)(H2,20,22,27)/t11-,12-/m0/s1. The molecule has 0 aromatic carbocycles. The minimum atomic E-state index is -1.13. The molecule has 0 radical (unpaired) electrons. The Morgan fingerprint density at radius 1 is 1.32 bits per heavy atom. The molecule has 0 aliphatic heterocycles. The maximum atomic E-state index is 12.0. The number of hydrogen-bond acceptors (Lipinski definition) is 8. The van der Waals surface area contributed by atoms with Crippen LogP contribution in [0.25, 0.3) is 0 Å². The number of hydrogen-bond donors (Lipinski definition) is 6. The number of imidazole rings is 1. The average molecular weight is 394 g/mol. The van der Waals surface area contributed by atoms with Gasteiger partial charge in [-0.25, -0.2) is 14.6 Å². The number of amides is 2. The Morgan fingerprint density at radius 2 is 2.14 bits per heavy atom. The molecule has 12 nitrogen and oxygen atoms in total. The Labute approximate surface area is 161 Å². The maximum Gasteiger partial charge on any atom is 0.326 e. The molecule has 0 spiro atoms. The van der Waals surface area contributed by atoms with E-state index in [0.717, 1.165) is 18.5 Å². The smallest absolute Gasteiger partial charge is 0.326 e. The van der Waals surface area contributed by atoms with Gasteiger partial charge in [-0.05, 0) is 32.2 Å². The quantitative estimate of drug-likeness (QED) is 0.264. The Bertz CT molecular complexity index is 733. The monoisotopic (exact) mass is 394 g/mol. The Morgan fingerprint density at radius 3 is 2.82 bits per heavy atom. The van der Waals surface area contributed by atoms with Crippen LogP contribution in [0.5, 0.6) is 0 Å². The number of carboxylic acid groups (broad SMARTS) is 1. The molecule has 0 aliphatic carbocycles. The molecule has 0 aliphatic rings. The van der Waals surface area contributed by atoms with Crippen LogP contribution in [0.3, 0.4) is 0 Å². The number of carbonyl (C=O) groups is 2. The molecule has 2 aromatic heterocycles. The maximum absolute atomic E-state index is 12.0. The van der Waals surface area contributed by atoms with Crippen LogP contribution < -0.4 is 22.1 Å². The van der Waals surface area contributed by atoms with Crippen molar-refractivity contribution in [3.63, 3.8) is 0 Å². The summed E-state index contributed by atoms with van der Waals surface area (Å²) in [4.78, 5) is 34.2. The van der Waals surface area contributed by atoms with E-state index in [2.05, 4.69) is 30.7 Å². The molecule has 28 heavy (non-hydrogen) atoms. The van der Waals surface area contributed by atoms with E-state index in [9.17, 15) is 14.7 Å². The summed E-state index contributed by atoms with van der Waals surface area (Å²) in [6, 6.07) is -2.06. The predicted octanol–water partition coefficient (Wildman–Crippen LogP) is -0.193. The van der Waals surface area contributed by atoms with Crippen LogP contribution in [0.2, 0.25) is 0 Å². The van der Waals surface area contributed by atoms with Gasteiger partial charge >= 0.3 is 12.0 Å². The third kappa shape index (κ3) is 6.96. The molecular formula is C16H26N8O4. The molecule has 0 saturated heterocycles. The largest absolute Gasteiger partial charge is 0.480 e. The van der Waals surface area contributed by atoms with Crippen molar-refractivity contribution in [3.8, 4) is 0 Å². The number of nitrogens with one attached hydrogen (secondary N) is 3. The van der Waals surface area contributed by atoms with Crippen molar-refractivity contribution < 1.29 is 19.2 Å². The van der Waals surface area contributed by atoms with E-state index in [1.807, 2.05) is 0 Å². The van der Waals surface area contributed by atoms with Crippen LogP contribution >= 0.6 is 0 Å². The minimum Gasteiger partial charge on any atom is -0.480 e. The van der Waals surface area contributed by atoms with Gasteiger partial charge in [0.25, 0.3) is 0 Å². The number of aliphatic carboxylic acids is 1. The highest BCUT2D eigenvalue weighted by Gasteiger charge is 2.20. The molecule has 2 heterocycles. The third-order valence-electron chi connectivity index (χ3n) is 4.05. The van der Waals surface area contributed by atoms with Gasteiger partial charge in [0.05, 0.1) is 18.9 Å². The highest BCUT2D eigenvalue weighted by molar-refractivity contribution is 5.82. The number of unbranched alkanes of at least 4 members (excludes halogenated alkanes) is 1. The first kappa shape index (κ1) is 21.3. The summed E-state index contributed by atoms with van der Waals surface area (Å²) in [7, 11) is 0. The molecule has 0 fully saturated rings. The van der Waals surface area contributed by atoms with Crippen LogP contribution in [0.1, 0.15) is 49.1 Å². The van der Waals surface area contributed by atoms with Gasteiger partial charge in [0, 0.05) is 11.9 Å². The van der Waals surface area contributed by atoms with Gasteiger partial charge in [0.1, 0.15) is 6.04 Å². The summed E-state index contributed by atoms with van der Waals surface area (Å²) in [5.74, 6) is -0.584. The van der Waals surface area contributed by atoms with Crippen LogP contribution in [-0.4, -0.2) is 49.8 Å². The normalized spacial score (nSPS) is 13.1. The molecule has 2 atom stereocenters. The first-order valence-corrected chi connectivity index (χ1v) is 9.02. The summed E-state index contributed by atoms with van der Waals surface area (Å²) in [6.07, 6.45) is 6.17. The van der Waals surface area contributed by atoms with Crippen LogP contribution in [-0.2, 0) is 17.8 Å². The van der Waals surface area contributed by atoms with E-state index in [1.54, 1.807) is 6.20 Å². The summed E-state index contributed by atoms with van der Waals surface area (Å²) in [5.41, 5.74) is 12.2. The van der Waals surface area contributed by atoms with Crippen molar-refractivity contribution in [1.82, 2.24) is 30.7 Å². The van der Waals surface area contributed by atoms with Crippen LogP contribution in [0.4, 0.5) is 4.79 Å². The van der Waals surface area contributed by atoms with Crippen molar-refractivity contribution in [2.24, 2.45) is 11.5 Å². The van der Waals surface area contributed by atoms with Crippen LogP contribution in [0, 0.1) is 0 Å². The first-order chi connectivity index (χ1) is 13.5. The van der Waals surface area contributed by atoms with Crippen molar-refractivity contribution in [2.75, 3.05) is 6.54 Å². The second-order valence-electron chi connectivity index (χ2n) is 6.27. The zero-order chi connectivity index (χ0) is 20.4. The molecule has 154 valence electrons. The zero-order valence-corrected chi connectivity index (χ0v) is 15.4. The molecule has 8 N–H and O–H groups in total. The fraction of sp³-hybridized carbons (Fsp3) is 0.562. The number of carbonyl (C=O) groups excluding carboxylic acids is 1. The fourth-order valence-electron chi connectivity index (χ4n) is 2.47. The van der Waals surface area contributed by atoms with Crippen molar-refractivity contribution in [2.45, 2.75) is 50.7 Å². The Balaban J connectivity index is 1.76. The van der Waals surface area contributed by atoms with E-state index in [4.69, 9.17) is 16.0 Å². The van der Waals surface area contributed by atoms with E-state index in [-0.39, 0.29) is 24.9 Å². The molecular weight excluding hydrogens is 368 g/mol. The molecule has 0 saturated carbocycles. The molecule has 0 bridgehead atoms. The van der Waals surface area contributed by atoms with Gasteiger partial charge in [0.2, 0.25) is 5.89 Å². The lowest BCUT2D eigenvalue weighted by Crippen LogP contribution is -2.46. The topological polar surface area (TPSA) is 198 Å². The molecule has 12 heteroatoms. The third-order valence-corrected chi connectivity index (χ3v) is 4.05. The summed E-state index contributed by atoms with van der Waals surface area (Å²) >= 11 is 0. The predicted molar refractivity (Wildman–Crippen MR) is 97.8 cm³/mol. The van der Waals surface area contributed by atoms with Gasteiger partial charge in [0.15, 0.2) is 5.82 Å². The summed E-state index contributed by atoms with van der Waals surface area (Å²) < 4.78 is 5.06. The summed E-state index contributed by atoms with van der Waals surface area (Å²) in [6.45, 7) is 0.559. The average Bonchev–Trinajstić information content (AvgIpc) is 3.35. The second kappa shape index (κ2) is 11.0. The lowest BCUT2D eigenvalue weighted by Gasteiger charge is -2.14. The molecule has 2 amide bonds. The van der Waals surface area contributed by atoms with Crippen molar-refractivity contribution in [1.29, 1.82) is 0 Å². The van der Waals surface area contributed by atoms with Crippen molar-refractivity contribution >= 4 is 12.0 Å². The number of nitrogens with zero attached hydrogens (tertiary/aromatic N) is 3. The highest BCUT2D eigenvalue weighted by Crippen LogP contribution is 2.13. The molecule has 2 rings (SSSR count). The number of carboxylic acids is 1. The van der Waals surface area contributed by atoms with E-state index in [0.29, 0.717) is 25.2 Å². The van der Waals surface area contributed by atoms with Gasteiger partial charge in [-0.15, -0.1) is 0 Å². The number of aromatic nitrogens is 4. The van der Waals surface area contributed by atoms with Crippen LogP contribution in [0.15, 0.2) is 17.0 Å². The SMILES string of the molecule is NCCCC[C@H](N)c1noc(CNC(=O)N[C@@H](CCc2cnc[nH]2)C(=O)O)n1. The van der Waals surface area contributed by atoms with E-state index < -0.39 is 18.0 Å².